The summed E-state index contributed by atoms with van der Waals surface area (Å²) in [6, 6.07) is 12.9. The first-order chi connectivity index (χ1) is 10.1. The molecule has 110 valence electrons. The fourth-order valence-corrected chi connectivity index (χ4v) is 3.91. The summed E-state index contributed by atoms with van der Waals surface area (Å²) in [4.78, 5) is 0. The Morgan fingerprint density at radius 3 is 2.57 bits per heavy atom. The van der Waals surface area contributed by atoms with Gasteiger partial charge in [-0.2, -0.15) is 0 Å². The minimum absolute atomic E-state index is 0.194. The summed E-state index contributed by atoms with van der Waals surface area (Å²) in [6.07, 6.45) is 1.03. The molecule has 0 bridgehead atoms. The molecule has 0 aromatic heterocycles. The van der Waals surface area contributed by atoms with Gasteiger partial charge in [-0.3, -0.25) is 0 Å². The van der Waals surface area contributed by atoms with Crippen molar-refractivity contribution in [3.63, 3.8) is 0 Å². The Kier molecular flexibility index (Phi) is 4.63. The zero-order chi connectivity index (χ0) is 14.8. The van der Waals surface area contributed by atoms with Crippen molar-refractivity contribution in [2.75, 3.05) is 13.1 Å². The van der Waals surface area contributed by atoms with Crippen LogP contribution in [0, 0.1) is 5.82 Å². The Hall–Kier alpha value is -0.900. The molecule has 1 aliphatic rings. The maximum absolute atomic E-state index is 13.1. The summed E-state index contributed by atoms with van der Waals surface area (Å²) < 4.78 is 14.1. The van der Waals surface area contributed by atoms with Crippen LogP contribution in [0.1, 0.15) is 29.4 Å². The van der Waals surface area contributed by atoms with E-state index in [9.17, 15) is 4.39 Å². The molecule has 2 atom stereocenters. The monoisotopic (exact) mass is 367 g/mol. The van der Waals surface area contributed by atoms with Crippen LogP contribution in [0.4, 0.5) is 4.39 Å². The van der Waals surface area contributed by atoms with E-state index in [0.29, 0.717) is 11.8 Å². The Morgan fingerprint density at radius 1 is 1.10 bits per heavy atom. The van der Waals surface area contributed by atoms with E-state index < -0.39 is 0 Å². The molecule has 0 radical (unpaired) electrons. The number of piperidine rings is 1. The number of rotatable bonds is 2. The van der Waals surface area contributed by atoms with Crippen molar-refractivity contribution < 1.29 is 4.39 Å². The zero-order valence-electron chi connectivity index (χ0n) is 11.5. The molecule has 21 heavy (non-hydrogen) atoms. The second-order valence-electron chi connectivity index (χ2n) is 5.42. The Balaban J connectivity index is 1.96. The van der Waals surface area contributed by atoms with E-state index in [1.165, 1.54) is 17.7 Å². The Morgan fingerprint density at radius 2 is 1.86 bits per heavy atom. The van der Waals surface area contributed by atoms with Gasteiger partial charge in [0, 0.05) is 22.0 Å². The average Bonchev–Trinajstić information content (AvgIpc) is 2.48. The summed E-state index contributed by atoms with van der Waals surface area (Å²) in [5, 5.41) is 4.23. The van der Waals surface area contributed by atoms with E-state index in [-0.39, 0.29) is 5.82 Å². The predicted octanol–water partition coefficient (Wildman–Crippen LogP) is 5.10. The quantitative estimate of drug-likeness (QED) is 0.777. The minimum Gasteiger partial charge on any atom is -0.316 e. The number of hydrogen-bond donors (Lipinski definition) is 1. The van der Waals surface area contributed by atoms with Gasteiger partial charge in [-0.25, -0.2) is 4.39 Å². The van der Waals surface area contributed by atoms with Crippen molar-refractivity contribution in [1.29, 1.82) is 0 Å². The molecule has 0 amide bonds. The molecule has 1 saturated heterocycles. The highest BCUT2D eigenvalue weighted by Crippen LogP contribution is 2.40. The van der Waals surface area contributed by atoms with Crippen molar-refractivity contribution in [1.82, 2.24) is 5.32 Å². The van der Waals surface area contributed by atoms with Gasteiger partial charge in [0.15, 0.2) is 0 Å². The van der Waals surface area contributed by atoms with E-state index >= 15 is 0 Å². The molecule has 2 unspecified atom stereocenters. The molecular formula is C17H16BrClFN. The summed E-state index contributed by atoms with van der Waals surface area (Å²) in [5.41, 5.74) is 2.34. The van der Waals surface area contributed by atoms with E-state index in [1.807, 2.05) is 24.3 Å². The normalized spacial score (nSPS) is 22.2. The van der Waals surface area contributed by atoms with Crippen LogP contribution < -0.4 is 5.32 Å². The van der Waals surface area contributed by atoms with Crippen LogP contribution in [0.25, 0.3) is 0 Å². The molecule has 2 aromatic rings. The number of benzene rings is 2. The second kappa shape index (κ2) is 6.47. The molecule has 0 spiro atoms. The molecule has 1 aliphatic heterocycles. The van der Waals surface area contributed by atoms with Crippen LogP contribution in [0.5, 0.6) is 0 Å². The topological polar surface area (TPSA) is 12.0 Å². The van der Waals surface area contributed by atoms with Gasteiger partial charge in [0.2, 0.25) is 0 Å². The van der Waals surface area contributed by atoms with Gasteiger partial charge in [0.25, 0.3) is 0 Å². The molecule has 1 N–H and O–H groups in total. The fourth-order valence-electron chi connectivity index (χ4n) is 3.09. The minimum atomic E-state index is -0.194. The SMILES string of the molecule is Fc1ccc(C2CNCCC2c2ccc(Br)cc2Cl)cc1. The standard InChI is InChI=1S/C17H16BrClFN/c18-12-3-6-15(17(19)9-12)14-7-8-21-10-16(14)11-1-4-13(20)5-2-11/h1-6,9,14,16,21H,7-8,10H2. The van der Waals surface area contributed by atoms with Crippen molar-refractivity contribution in [2.45, 2.75) is 18.3 Å². The smallest absolute Gasteiger partial charge is 0.123 e. The highest BCUT2D eigenvalue weighted by Gasteiger charge is 2.29. The van der Waals surface area contributed by atoms with Crippen LogP contribution in [0.15, 0.2) is 46.9 Å². The third-order valence-corrected chi connectivity index (χ3v) is 4.96. The lowest BCUT2D eigenvalue weighted by molar-refractivity contribution is 0.404. The molecule has 1 nitrogen and oxygen atoms in total. The first-order valence-corrected chi connectivity index (χ1v) is 8.23. The second-order valence-corrected chi connectivity index (χ2v) is 6.75. The molecule has 4 heteroatoms. The lowest BCUT2D eigenvalue weighted by atomic mass is 9.77. The van der Waals surface area contributed by atoms with E-state index in [4.69, 9.17) is 11.6 Å². The van der Waals surface area contributed by atoms with Crippen molar-refractivity contribution in [2.24, 2.45) is 0 Å². The molecule has 1 fully saturated rings. The van der Waals surface area contributed by atoms with Crippen LogP contribution in [-0.4, -0.2) is 13.1 Å². The maximum Gasteiger partial charge on any atom is 0.123 e. The number of halogens is 3. The number of nitrogens with one attached hydrogen (secondary N) is 1. The van der Waals surface area contributed by atoms with Crippen LogP contribution >= 0.6 is 27.5 Å². The molecule has 1 heterocycles. The summed E-state index contributed by atoms with van der Waals surface area (Å²) in [7, 11) is 0. The first-order valence-electron chi connectivity index (χ1n) is 7.06. The highest BCUT2D eigenvalue weighted by molar-refractivity contribution is 9.10. The zero-order valence-corrected chi connectivity index (χ0v) is 13.8. The van der Waals surface area contributed by atoms with E-state index in [0.717, 1.165) is 34.6 Å². The fraction of sp³-hybridized carbons (Fsp3) is 0.294. The first kappa shape index (κ1) is 15.0. The van der Waals surface area contributed by atoms with Gasteiger partial charge in [-0.1, -0.05) is 45.7 Å². The maximum atomic E-state index is 13.1. The molecule has 0 saturated carbocycles. The van der Waals surface area contributed by atoms with E-state index in [2.05, 4.69) is 27.3 Å². The lowest BCUT2D eigenvalue weighted by Gasteiger charge is -2.33. The van der Waals surface area contributed by atoms with Gasteiger partial charge < -0.3 is 5.32 Å². The summed E-state index contributed by atoms with van der Waals surface area (Å²) >= 11 is 9.88. The summed E-state index contributed by atoms with van der Waals surface area (Å²) in [6.45, 7) is 1.87. The molecule has 3 rings (SSSR count). The average molecular weight is 369 g/mol. The Labute approximate surface area is 137 Å². The third kappa shape index (κ3) is 3.31. The lowest BCUT2D eigenvalue weighted by Crippen LogP contribution is -2.34. The van der Waals surface area contributed by atoms with Crippen LogP contribution in [0.2, 0.25) is 5.02 Å². The highest BCUT2D eigenvalue weighted by atomic mass is 79.9. The number of hydrogen-bond acceptors (Lipinski definition) is 1. The van der Waals surface area contributed by atoms with Crippen molar-refractivity contribution in [3.05, 3.63) is 68.9 Å². The van der Waals surface area contributed by atoms with Gasteiger partial charge in [0.05, 0.1) is 0 Å². The molecule has 0 aliphatic carbocycles. The molecular weight excluding hydrogens is 353 g/mol. The largest absolute Gasteiger partial charge is 0.316 e. The van der Waals surface area contributed by atoms with E-state index in [1.54, 1.807) is 0 Å². The van der Waals surface area contributed by atoms with Gasteiger partial charge in [0.1, 0.15) is 5.82 Å². The van der Waals surface area contributed by atoms with Gasteiger partial charge in [-0.15, -0.1) is 0 Å². The van der Waals surface area contributed by atoms with Crippen LogP contribution in [0.3, 0.4) is 0 Å². The Bertz CT molecular complexity index is 629. The summed E-state index contributed by atoms with van der Waals surface area (Å²) in [5.74, 6) is 0.482. The third-order valence-electron chi connectivity index (χ3n) is 4.14. The predicted molar refractivity (Wildman–Crippen MR) is 88.5 cm³/mol. The van der Waals surface area contributed by atoms with Gasteiger partial charge in [-0.05, 0) is 54.3 Å². The van der Waals surface area contributed by atoms with Crippen molar-refractivity contribution >= 4 is 27.5 Å². The van der Waals surface area contributed by atoms with Gasteiger partial charge >= 0.3 is 0 Å². The van der Waals surface area contributed by atoms with Crippen LogP contribution in [-0.2, 0) is 0 Å². The molecule has 2 aromatic carbocycles. The van der Waals surface area contributed by atoms with Crippen molar-refractivity contribution in [3.8, 4) is 0 Å².